The first-order valence-corrected chi connectivity index (χ1v) is 8.82. The Balaban J connectivity index is 1.59. The van der Waals surface area contributed by atoms with Crippen LogP contribution in [0, 0.1) is 11.3 Å². The standard InChI is InChI=1S/C18H23ClN4O/c19-14-4-1-3-13(11-14)18(12-20)8-6-15(7-9-18)22-17(24)16-5-2-10-21-23-16/h1-5,10,13,15H,6-9,11-12,20H2,(H,22,24)/t13?,15-,18+. The number of nitrogens with zero attached hydrogens (tertiary/aromatic N) is 2. The van der Waals surface area contributed by atoms with Crippen LogP contribution in [0.2, 0.25) is 0 Å². The number of nitrogens with one attached hydrogen (secondary N) is 1. The molecular weight excluding hydrogens is 324 g/mol. The van der Waals surface area contributed by atoms with Gasteiger partial charge < -0.3 is 11.1 Å². The van der Waals surface area contributed by atoms with Gasteiger partial charge in [-0.25, -0.2) is 0 Å². The smallest absolute Gasteiger partial charge is 0.272 e. The number of hydrogen-bond acceptors (Lipinski definition) is 4. The summed E-state index contributed by atoms with van der Waals surface area (Å²) in [6, 6.07) is 3.56. The molecule has 0 radical (unpaired) electrons. The molecule has 0 spiro atoms. The van der Waals surface area contributed by atoms with Crippen LogP contribution in [0.5, 0.6) is 0 Å². The molecule has 1 atom stereocenters. The molecule has 128 valence electrons. The predicted molar refractivity (Wildman–Crippen MR) is 94.4 cm³/mol. The molecule has 2 aliphatic carbocycles. The number of rotatable bonds is 4. The first kappa shape index (κ1) is 17.1. The van der Waals surface area contributed by atoms with Crippen molar-refractivity contribution in [3.63, 3.8) is 0 Å². The summed E-state index contributed by atoms with van der Waals surface area (Å²) < 4.78 is 0. The van der Waals surface area contributed by atoms with E-state index in [-0.39, 0.29) is 17.4 Å². The zero-order valence-electron chi connectivity index (χ0n) is 13.6. The maximum absolute atomic E-state index is 12.2. The summed E-state index contributed by atoms with van der Waals surface area (Å²) >= 11 is 6.21. The fourth-order valence-corrected chi connectivity index (χ4v) is 4.05. The van der Waals surface area contributed by atoms with Gasteiger partial charge in [0.2, 0.25) is 0 Å². The summed E-state index contributed by atoms with van der Waals surface area (Å²) in [7, 11) is 0. The normalized spacial score (nSPS) is 29.8. The number of carbonyl (C=O) groups is 1. The lowest BCUT2D eigenvalue weighted by Gasteiger charge is -2.44. The van der Waals surface area contributed by atoms with Gasteiger partial charge in [-0.05, 0) is 68.2 Å². The molecule has 6 heteroatoms. The molecule has 0 aromatic carbocycles. The average molecular weight is 347 g/mol. The number of amides is 1. The van der Waals surface area contributed by atoms with E-state index in [4.69, 9.17) is 17.3 Å². The zero-order valence-corrected chi connectivity index (χ0v) is 14.4. The van der Waals surface area contributed by atoms with E-state index in [0.717, 1.165) is 37.1 Å². The molecule has 1 fully saturated rings. The highest BCUT2D eigenvalue weighted by molar-refractivity contribution is 6.29. The summed E-state index contributed by atoms with van der Waals surface area (Å²) in [6.07, 6.45) is 12.5. The molecule has 1 aromatic heterocycles. The van der Waals surface area contributed by atoms with Crippen molar-refractivity contribution in [1.82, 2.24) is 15.5 Å². The Morgan fingerprint density at radius 3 is 2.83 bits per heavy atom. The van der Waals surface area contributed by atoms with Gasteiger partial charge in [-0.2, -0.15) is 5.10 Å². The van der Waals surface area contributed by atoms with Gasteiger partial charge in [0, 0.05) is 17.3 Å². The third-order valence-corrected chi connectivity index (χ3v) is 5.63. The summed E-state index contributed by atoms with van der Waals surface area (Å²) in [4.78, 5) is 12.2. The highest BCUT2D eigenvalue weighted by Gasteiger charge is 2.40. The molecule has 0 bridgehead atoms. The molecule has 2 aliphatic rings. The second-order valence-electron chi connectivity index (χ2n) is 6.73. The molecule has 3 rings (SSSR count). The van der Waals surface area contributed by atoms with Crippen LogP contribution in [0.1, 0.15) is 42.6 Å². The summed E-state index contributed by atoms with van der Waals surface area (Å²) in [6.45, 7) is 0.650. The molecule has 24 heavy (non-hydrogen) atoms. The van der Waals surface area contributed by atoms with Crippen LogP contribution < -0.4 is 11.1 Å². The monoisotopic (exact) mass is 346 g/mol. The van der Waals surface area contributed by atoms with Gasteiger partial charge in [0.05, 0.1) is 0 Å². The minimum atomic E-state index is -0.156. The maximum Gasteiger partial charge on any atom is 0.272 e. The lowest BCUT2D eigenvalue weighted by molar-refractivity contribution is 0.0848. The lowest BCUT2D eigenvalue weighted by Crippen LogP contribution is -2.46. The Hall–Kier alpha value is -1.72. The van der Waals surface area contributed by atoms with Crippen molar-refractivity contribution in [2.24, 2.45) is 17.1 Å². The highest BCUT2D eigenvalue weighted by Crippen LogP contribution is 2.46. The van der Waals surface area contributed by atoms with E-state index in [2.05, 4.69) is 21.6 Å². The van der Waals surface area contributed by atoms with Gasteiger partial charge in [-0.3, -0.25) is 4.79 Å². The van der Waals surface area contributed by atoms with Gasteiger partial charge in [0.1, 0.15) is 0 Å². The number of aromatic nitrogens is 2. The molecule has 0 saturated heterocycles. The maximum atomic E-state index is 12.2. The van der Waals surface area contributed by atoms with Gasteiger partial charge in [-0.1, -0.05) is 23.8 Å². The summed E-state index contributed by atoms with van der Waals surface area (Å²) in [5.41, 5.74) is 6.59. The van der Waals surface area contributed by atoms with Crippen LogP contribution in [0.25, 0.3) is 0 Å². The molecule has 3 N–H and O–H groups in total. The summed E-state index contributed by atoms with van der Waals surface area (Å²) in [5.74, 6) is 0.230. The van der Waals surface area contributed by atoms with Crippen LogP contribution in [-0.4, -0.2) is 28.7 Å². The number of allylic oxidation sites excluding steroid dienone is 4. The second-order valence-corrected chi connectivity index (χ2v) is 7.22. The topological polar surface area (TPSA) is 80.9 Å². The van der Waals surface area contributed by atoms with Gasteiger partial charge in [0.15, 0.2) is 5.69 Å². The third-order valence-electron chi connectivity index (χ3n) is 5.35. The fraction of sp³-hybridized carbons (Fsp3) is 0.500. The van der Waals surface area contributed by atoms with E-state index >= 15 is 0 Å². The molecule has 1 amide bonds. The average Bonchev–Trinajstić information content (AvgIpc) is 2.63. The first-order chi connectivity index (χ1) is 11.6. The van der Waals surface area contributed by atoms with Crippen molar-refractivity contribution in [2.45, 2.75) is 38.1 Å². The van der Waals surface area contributed by atoms with E-state index in [1.54, 1.807) is 18.3 Å². The van der Waals surface area contributed by atoms with Crippen LogP contribution in [0.3, 0.4) is 0 Å². The Bertz CT molecular complexity index is 636. The molecular formula is C18H23ClN4O. The van der Waals surface area contributed by atoms with Crippen molar-refractivity contribution >= 4 is 17.5 Å². The molecule has 0 aliphatic heterocycles. The van der Waals surface area contributed by atoms with E-state index in [1.807, 2.05) is 12.2 Å². The Labute approximate surface area is 147 Å². The minimum Gasteiger partial charge on any atom is -0.348 e. The quantitative estimate of drug-likeness (QED) is 0.878. The summed E-state index contributed by atoms with van der Waals surface area (Å²) in [5, 5.41) is 11.6. The number of carbonyl (C=O) groups excluding carboxylic acids is 1. The van der Waals surface area contributed by atoms with Crippen molar-refractivity contribution in [1.29, 1.82) is 0 Å². The zero-order chi connectivity index (χ0) is 17.0. The van der Waals surface area contributed by atoms with Crippen LogP contribution in [0.4, 0.5) is 0 Å². The largest absolute Gasteiger partial charge is 0.348 e. The third kappa shape index (κ3) is 3.68. The second kappa shape index (κ2) is 7.45. The van der Waals surface area contributed by atoms with E-state index < -0.39 is 0 Å². The van der Waals surface area contributed by atoms with Crippen LogP contribution in [0.15, 0.2) is 41.6 Å². The number of nitrogens with two attached hydrogens (primary N) is 1. The van der Waals surface area contributed by atoms with Crippen LogP contribution >= 0.6 is 11.6 Å². The van der Waals surface area contributed by atoms with Crippen LogP contribution in [-0.2, 0) is 0 Å². The lowest BCUT2D eigenvalue weighted by atomic mass is 9.63. The molecule has 1 unspecified atom stereocenters. The molecule has 1 heterocycles. The van der Waals surface area contributed by atoms with Crippen molar-refractivity contribution < 1.29 is 4.79 Å². The number of halogens is 1. The SMILES string of the molecule is NC[C@]1(C2C=CC=C(Cl)C2)CC[C@@H](NC(=O)c2cccnn2)CC1. The van der Waals surface area contributed by atoms with Gasteiger partial charge in [-0.15, -0.1) is 5.10 Å². The number of hydrogen-bond donors (Lipinski definition) is 2. The van der Waals surface area contributed by atoms with E-state index in [9.17, 15) is 4.79 Å². The fourth-order valence-electron chi connectivity index (χ4n) is 3.81. The Kier molecular flexibility index (Phi) is 5.31. The molecule has 1 aromatic rings. The predicted octanol–water partition coefficient (Wildman–Crippen LogP) is 2.79. The van der Waals surface area contributed by atoms with Gasteiger partial charge in [0.25, 0.3) is 5.91 Å². The van der Waals surface area contributed by atoms with E-state index in [1.165, 1.54) is 0 Å². The Morgan fingerprint density at radius 2 is 2.21 bits per heavy atom. The highest BCUT2D eigenvalue weighted by atomic mass is 35.5. The Morgan fingerprint density at radius 1 is 1.42 bits per heavy atom. The van der Waals surface area contributed by atoms with Crippen molar-refractivity contribution in [3.8, 4) is 0 Å². The minimum absolute atomic E-state index is 0.0820. The van der Waals surface area contributed by atoms with Crippen molar-refractivity contribution in [3.05, 3.63) is 47.3 Å². The molecule has 5 nitrogen and oxygen atoms in total. The first-order valence-electron chi connectivity index (χ1n) is 8.44. The van der Waals surface area contributed by atoms with E-state index in [0.29, 0.717) is 18.2 Å². The van der Waals surface area contributed by atoms with Gasteiger partial charge >= 0.3 is 0 Å². The molecule has 1 saturated carbocycles. The van der Waals surface area contributed by atoms with Crippen molar-refractivity contribution in [2.75, 3.05) is 6.54 Å².